The van der Waals surface area contributed by atoms with E-state index in [0.717, 1.165) is 10.9 Å². The summed E-state index contributed by atoms with van der Waals surface area (Å²) in [7, 11) is 1.80. The lowest BCUT2D eigenvalue weighted by Gasteiger charge is -2.06. The molecule has 0 radical (unpaired) electrons. The van der Waals surface area contributed by atoms with Gasteiger partial charge < -0.3 is 9.88 Å². The molecular weight excluding hydrogens is 294 g/mol. The molecule has 0 bridgehead atoms. The first-order chi connectivity index (χ1) is 8.70. The van der Waals surface area contributed by atoms with Crippen molar-refractivity contribution in [1.82, 2.24) is 14.9 Å². The average molecular weight is 308 g/mol. The number of carbonyl (C=O) groups is 1. The predicted octanol–water partition coefficient (Wildman–Crippen LogP) is 2.25. The fourth-order valence-corrected chi connectivity index (χ4v) is 2.02. The minimum Gasteiger partial charge on any atom is -0.347 e. The van der Waals surface area contributed by atoms with E-state index < -0.39 is 0 Å². The first-order valence-electron chi connectivity index (χ1n) is 5.59. The van der Waals surface area contributed by atoms with Crippen LogP contribution in [0.4, 0.5) is 0 Å². The van der Waals surface area contributed by atoms with Gasteiger partial charge in [-0.2, -0.15) is 0 Å². The number of hydrogen-bond acceptors (Lipinski definition) is 2. The van der Waals surface area contributed by atoms with Gasteiger partial charge in [-0.15, -0.1) is 0 Å². The van der Waals surface area contributed by atoms with E-state index in [9.17, 15) is 4.79 Å². The van der Waals surface area contributed by atoms with Gasteiger partial charge in [0.25, 0.3) is 5.91 Å². The number of benzene rings is 1. The number of aromatic nitrogens is 2. The van der Waals surface area contributed by atoms with E-state index in [1.165, 1.54) is 5.56 Å². The minimum atomic E-state index is -0.112. The highest BCUT2D eigenvalue weighted by atomic mass is 79.9. The molecule has 4 nitrogen and oxygen atoms in total. The summed E-state index contributed by atoms with van der Waals surface area (Å²) < 4.78 is 1.70. The van der Waals surface area contributed by atoms with Crippen molar-refractivity contribution in [3.63, 3.8) is 0 Å². The second kappa shape index (κ2) is 5.82. The number of rotatable bonds is 4. The van der Waals surface area contributed by atoms with Crippen molar-refractivity contribution in [1.29, 1.82) is 0 Å². The van der Waals surface area contributed by atoms with Gasteiger partial charge in [0.2, 0.25) is 0 Å². The fourth-order valence-electron chi connectivity index (χ4n) is 1.67. The van der Waals surface area contributed by atoms with E-state index in [1.54, 1.807) is 24.1 Å². The normalized spacial score (nSPS) is 10.3. The van der Waals surface area contributed by atoms with Crippen LogP contribution in [0.3, 0.4) is 0 Å². The molecule has 1 heterocycles. The second-order valence-corrected chi connectivity index (χ2v) is 4.59. The largest absolute Gasteiger partial charge is 0.347 e. The van der Waals surface area contributed by atoms with Gasteiger partial charge in [0.05, 0.1) is 12.5 Å². The molecule has 1 aromatic heterocycles. The van der Waals surface area contributed by atoms with Crippen LogP contribution in [0.15, 0.2) is 36.8 Å². The lowest BCUT2D eigenvalue weighted by molar-refractivity contribution is 0.0942. The molecule has 0 saturated carbocycles. The third-order valence-corrected chi connectivity index (χ3v) is 3.30. The third kappa shape index (κ3) is 2.98. The Hall–Kier alpha value is -1.62. The number of imidazole rings is 1. The van der Waals surface area contributed by atoms with Gasteiger partial charge in [-0.3, -0.25) is 4.79 Å². The van der Waals surface area contributed by atoms with Crippen molar-refractivity contribution in [3.8, 4) is 0 Å². The molecule has 0 fully saturated rings. The summed E-state index contributed by atoms with van der Waals surface area (Å²) in [6.45, 7) is 0.519. The summed E-state index contributed by atoms with van der Waals surface area (Å²) in [4.78, 5) is 15.8. The Balaban J connectivity index is 1.99. The Bertz CT molecular complexity index is 551. The van der Waals surface area contributed by atoms with Gasteiger partial charge in [0.1, 0.15) is 5.69 Å². The van der Waals surface area contributed by atoms with Gasteiger partial charge in [0.15, 0.2) is 0 Å². The SMILES string of the molecule is Cn1cncc1C(=O)NCc1cccc(CBr)c1. The molecule has 0 saturated heterocycles. The first-order valence-corrected chi connectivity index (χ1v) is 6.71. The number of amides is 1. The summed E-state index contributed by atoms with van der Waals surface area (Å²) in [5, 5.41) is 3.69. The number of nitrogens with one attached hydrogen (secondary N) is 1. The van der Waals surface area contributed by atoms with Crippen molar-refractivity contribution in [2.45, 2.75) is 11.9 Å². The molecule has 5 heteroatoms. The summed E-state index contributed by atoms with van der Waals surface area (Å²) >= 11 is 3.41. The van der Waals surface area contributed by atoms with Crippen molar-refractivity contribution in [2.75, 3.05) is 0 Å². The number of hydrogen-bond donors (Lipinski definition) is 1. The monoisotopic (exact) mass is 307 g/mol. The van der Waals surface area contributed by atoms with Crippen LogP contribution in [-0.2, 0) is 18.9 Å². The van der Waals surface area contributed by atoms with E-state index in [0.29, 0.717) is 12.2 Å². The molecule has 1 amide bonds. The van der Waals surface area contributed by atoms with Crippen LogP contribution in [0.25, 0.3) is 0 Å². The summed E-state index contributed by atoms with van der Waals surface area (Å²) in [6, 6.07) is 8.09. The Kier molecular flexibility index (Phi) is 4.15. The number of carbonyl (C=O) groups excluding carboxylic acids is 1. The molecule has 2 aromatic rings. The highest BCUT2D eigenvalue weighted by Crippen LogP contribution is 2.08. The van der Waals surface area contributed by atoms with Gasteiger partial charge in [-0.05, 0) is 11.1 Å². The standard InChI is InChI=1S/C13H14BrN3O/c1-17-9-15-8-12(17)13(18)16-7-11-4-2-3-10(5-11)6-14/h2-5,8-9H,6-7H2,1H3,(H,16,18). The Morgan fingerprint density at radius 2 is 2.22 bits per heavy atom. The van der Waals surface area contributed by atoms with Gasteiger partial charge in [-0.1, -0.05) is 40.2 Å². The molecule has 0 aliphatic carbocycles. The molecule has 0 atom stereocenters. The number of nitrogens with zero attached hydrogens (tertiary/aromatic N) is 2. The highest BCUT2D eigenvalue weighted by Gasteiger charge is 2.08. The van der Waals surface area contributed by atoms with Crippen LogP contribution in [-0.4, -0.2) is 15.5 Å². The zero-order valence-corrected chi connectivity index (χ0v) is 11.6. The smallest absolute Gasteiger partial charge is 0.269 e. The van der Waals surface area contributed by atoms with E-state index in [1.807, 2.05) is 18.2 Å². The van der Waals surface area contributed by atoms with Crippen molar-refractivity contribution in [3.05, 3.63) is 53.6 Å². The third-order valence-electron chi connectivity index (χ3n) is 2.65. The average Bonchev–Trinajstić information content (AvgIpc) is 2.82. The van der Waals surface area contributed by atoms with E-state index >= 15 is 0 Å². The topological polar surface area (TPSA) is 46.9 Å². The minimum absolute atomic E-state index is 0.112. The maximum atomic E-state index is 11.9. The molecule has 0 spiro atoms. The number of halogens is 1. The Morgan fingerprint density at radius 3 is 2.89 bits per heavy atom. The second-order valence-electron chi connectivity index (χ2n) is 4.03. The highest BCUT2D eigenvalue weighted by molar-refractivity contribution is 9.08. The lowest BCUT2D eigenvalue weighted by Crippen LogP contribution is -2.24. The summed E-state index contributed by atoms with van der Waals surface area (Å²) in [5.41, 5.74) is 2.84. The molecule has 18 heavy (non-hydrogen) atoms. The predicted molar refractivity (Wildman–Crippen MR) is 73.5 cm³/mol. The van der Waals surface area contributed by atoms with Crippen LogP contribution < -0.4 is 5.32 Å². The van der Waals surface area contributed by atoms with E-state index in [2.05, 4.69) is 32.3 Å². The number of aryl methyl sites for hydroxylation is 1. The Labute approximate surface area is 114 Å². The Morgan fingerprint density at radius 1 is 1.44 bits per heavy atom. The quantitative estimate of drug-likeness (QED) is 0.881. The van der Waals surface area contributed by atoms with Gasteiger partial charge in [-0.25, -0.2) is 4.98 Å². The van der Waals surface area contributed by atoms with E-state index in [4.69, 9.17) is 0 Å². The zero-order valence-electron chi connectivity index (χ0n) is 10.1. The molecule has 1 N–H and O–H groups in total. The zero-order chi connectivity index (χ0) is 13.0. The van der Waals surface area contributed by atoms with Crippen LogP contribution in [0.2, 0.25) is 0 Å². The van der Waals surface area contributed by atoms with Crippen LogP contribution in [0.5, 0.6) is 0 Å². The van der Waals surface area contributed by atoms with Crippen molar-refractivity contribution >= 4 is 21.8 Å². The maximum Gasteiger partial charge on any atom is 0.269 e. The molecule has 2 rings (SSSR count). The van der Waals surface area contributed by atoms with Crippen LogP contribution >= 0.6 is 15.9 Å². The lowest BCUT2D eigenvalue weighted by atomic mass is 10.1. The molecule has 0 aliphatic heterocycles. The summed E-state index contributed by atoms with van der Waals surface area (Å²) in [6.07, 6.45) is 3.17. The van der Waals surface area contributed by atoms with Crippen LogP contribution in [0, 0.1) is 0 Å². The van der Waals surface area contributed by atoms with E-state index in [-0.39, 0.29) is 5.91 Å². The molecular formula is C13H14BrN3O. The molecule has 94 valence electrons. The van der Waals surface area contributed by atoms with Crippen molar-refractivity contribution < 1.29 is 4.79 Å². The van der Waals surface area contributed by atoms with Gasteiger partial charge >= 0.3 is 0 Å². The first kappa shape index (κ1) is 12.8. The number of alkyl halides is 1. The maximum absolute atomic E-state index is 11.9. The molecule has 1 aromatic carbocycles. The van der Waals surface area contributed by atoms with Crippen LogP contribution in [0.1, 0.15) is 21.6 Å². The fraction of sp³-hybridized carbons (Fsp3) is 0.231. The summed E-state index contributed by atoms with van der Waals surface area (Å²) in [5.74, 6) is -0.112. The van der Waals surface area contributed by atoms with Gasteiger partial charge in [0, 0.05) is 18.9 Å². The molecule has 0 aliphatic rings. The molecule has 0 unspecified atom stereocenters. The van der Waals surface area contributed by atoms with Crippen molar-refractivity contribution in [2.24, 2.45) is 7.05 Å².